The Labute approximate surface area is 184 Å². The number of nitrogens with zero attached hydrogens (tertiary/aromatic N) is 1. The van der Waals surface area contributed by atoms with Crippen molar-refractivity contribution in [1.29, 1.82) is 0 Å². The summed E-state index contributed by atoms with van der Waals surface area (Å²) < 4.78 is 11.9. The third-order valence-electron chi connectivity index (χ3n) is 5.58. The van der Waals surface area contributed by atoms with Crippen molar-refractivity contribution in [2.24, 2.45) is 11.3 Å². The van der Waals surface area contributed by atoms with Gasteiger partial charge in [0, 0.05) is 0 Å². The van der Waals surface area contributed by atoms with E-state index in [0.29, 0.717) is 5.02 Å². The average molecular weight is 427 g/mol. The lowest BCUT2D eigenvalue weighted by molar-refractivity contribution is 0.233. The Kier molecular flexibility index (Phi) is 6.35. The number of hydrogen-bond acceptors (Lipinski definition) is 4. The van der Waals surface area contributed by atoms with Gasteiger partial charge in [0.2, 0.25) is 5.89 Å². The molecule has 1 saturated carbocycles. The summed E-state index contributed by atoms with van der Waals surface area (Å²) in [5.74, 6) is 2.28. The van der Waals surface area contributed by atoms with E-state index in [9.17, 15) is 0 Å². The van der Waals surface area contributed by atoms with E-state index in [0.717, 1.165) is 54.7 Å². The number of ether oxygens (including phenoxy) is 1. The van der Waals surface area contributed by atoms with Crippen LogP contribution in [0.1, 0.15) is 57.5 Å². The summed E-state index contributed by atoms with van der Waals surface area (Å²) in [7, 11) is 0. The number of fused-ring (bicyclic) bond motifs is 1. The van der Waals surface area contributed by atoms with Crippen molar-refractivity contribution in [3.8, 4) is 5.75 Å². The number of halogens is 1. The summed E-state index contributed by atoms with van der Waals surface area (Å²) in [6.45, 7) is 8.28. The molecule has 5 heteroatoms. The van der Waals surface area contributed by atoms with Crippen molar-refractivity contribution in [3.63, 3.8) is 0 Å². The number of nitrogens with one attached hydrogen (secondary N) is 1. The van der Waals surface area contributed by atoms with Crippen LogP contribution in [-0.2, 0) is 6.42 Å². The molecule has 2 aromatic carbocycles. The second kappa shape index (κ2) is 8.99. The summed E-state index contributed by atoms with van der Waals surface area (Å²) >= 11 is 6.41. The molecule has 1 aliphatic carbocycles. The standard InChI is InChI=1S/C25H31ClN2O2/c1-25(2,3)23(24-28-20-8-4-5-9-22(20)30-24)27-14-6-7-17-12-13-21(19(26)15-17)29-16-18-10-11-18/h4-5,8-9,12-13,15,18,23,27H,6-7,10-11,14,16H2,1-3H3. The molecule has 1 atom stereocenters. The lowest BCUT2D eigenvalue weighted by Crippen LogP contribution is -2.33. The molecule has 0 amide bonds. The number of aromatic nitrogens is 1. The summed E-state index contributed by atoms with van der Waals surface area (Å²) in [6.07, 6.45) is 4.52. The van der Waals surface area contributed by atoms with Gasteiger partial charge in [0.15, 0.2) is 5.58 Å². The molecule has 4 rings (SSSR count). The van der Waals surface area contributed by atoms with Crippen molar-refractivity contribution in [3.05, 3.63) is 58.9 Å². The van der Waals surface area contributed by atoms with Crippen LogP contribution < -0.4 is 10.1 Å². The molecule has 30 heavy (non-hydrogen) atoms. The molecule has 0 bridgehead atoms. The number of para-hydroxylation sites is 2. The summed E-state index contributed by atoms with van der Waals surface area (Å²) in [5, 5.41) is 4.37. The Morgan fingerprint density at radius 2 is 2.00 bits per heavy atom. The maximum atomic E-state index is 6.41. The van der Waals surface area contributed by atoms with Gasteiger partial charge in [0.1, 0.15) is 11.3 Å². The maximum Gasteiger partial charge on any atom is 0.213 e. The second-order valence-corrected chi connectivity index (χ2v) is 9.80. The fourth-order valence-electron chi connectivity index (χ4n) is 3.63. The van der Waals surface area contributed by atoms with Gasteiger partial charge in [-0.3, -0.25) is 0 Å². The van der Waals surface area contributed by atoms with Crippen LogP contribution >= 0.6 is 11.6 Å². The van der Waals surface area contributed by atoms with Gasteiger partial charge < -0.3 is 14.5 Å². The number of oxazole rings is 1. The average Bonchev–Trinajstić information content (AvgIpc) is 3.43. The predicted molar refractivity (Wildman–Crippen MR) is 122 cm³/mol. The Morgan fingerprint density at radius 3 is 2.70 bits per heavy atom. The molecular formula is C25H31ClN2O2. The summed E-state index contributed by atoms with van der Waals surface area (Å²) in [6, 6.07) is 14.1. The smallest absolute Gasteiger partial charge is 0.213 e. The monoisotopic (exact) mass is 426 g/mol. The number of benzene rings is 2. The van der Waals surface area contributed by atoms with E-state index in [2.05, 4.69) is 32.2 Å². The number of rotatable bonds is 9. The van der Waals surface area contributed by atoms with Crippen molar-refractivity contribution in [1.82, 2.24) is 10.3 Å². The molecule has 0 aliphatic heterocycles. The zero-order chi connectivity index (χ0) is 21.1. The third kappa shape index (κ3) is 5.35. The van der Waals surface area contributed by atoms with Crippen LogP contribution in [0.15, 0.2) is 46.9 Å². The van der Waals surface area contributed by atoms with Gasteiger partial charge in [-0.25, -0.2) is 4.98 Å². The van der Waals surface area contributed by atoms with Gasteiger partial charge >= 0.3 is 0 Å². The van der Waals surface area contributed by atoms with Crippen LogP contribution in [0.3, 0.4) is 0 Å². The van der Waals surface area contributed by atoms with Crippen molar-refractivity contribution in [2.75, 3.05) is 13.2 Å². The molecule has 0 spiro atoms. The minimum atomic E-state index is -0.00920. The first-order chi connectivity index (χ1) is 14.4. The van der Waals surface area contributed by atoms with Gasteiger partial charge in [-0.15, -0.1) is 0 Å². The lowest BCUT2D eigenvalue weighted by atomic mass is 9.86. The van der Waals surface area contributed by atoms with E-state index in [1.54, 1.807) is 0 Å². The molecular weight excluding hydrogens is 396 g/mol. The molecule has 0 radical (unpaired) electrons. The predicted octanol–water partition coefficient (Wildman–Crippen LogP) is 6.58. The van der Waals surface area contributed by atoms with Gasteiger partial charge in [0.25, 0.3) is 0 Å². The zero-order valence-electron chi connectivity index (χ0n) is 18.1. The first-order valence-corrected chi connectivity index (χ1v) is 11.3. The van der Waals surface area contributed by atoms with Gasteiger partial charge in [0.05, 0.1) is 17.7 Å². The van der Waals surface area contributed by atoms with Crippen LogP contribution in [0, 0.1) is 11.3 Å². The molecule has 3 aromatic rings. The van der Waals surface area contributed by atoms with Gasteiger partial charge in [-0.1, -0.05) is 50.6 Å². The highest BCUT2D eigenvalue weighted by Gasteiger charge is 2.30. The highest BCUT2D eigenvalue weighted by molar-refractivity contribution is 6.32. The zero-order valence-corrected chi connectivity index (χ0v) is 18.8. The molecule has 1 N–H and O–H groups in total. The van der Waals surface area contributed by atoms with Crippen LogP contribution in [0.5, 0.6) is 5.75 Å². The summed E-state index contributed by atoms with van der Waals surface area (Å²) in [5.41, 5.74) is 2.96. The normalized spacial score (nSPS) is 15.5. The minimum Gasteiger partial charge on any atom is -0.492 e. The lowest BCUT2D eigenvalue weighted by Gasteiger charge is -2.29. The third-order valence-corrected chi connectivity index (χ3v) is 5.88. The van der Waals surface area contributed by atoms with Crippen LogP contribution in [-0.4, -0.2) is 18.1 Å². The molecule has 4 nitrogen and oxygen atoms in total. The topological polar surface area (TPSA) is 47.3 Å². The van der Waals surface area contributed by atoms with E-state index in [1.807, 2.05) is 36.4 Å². The largest absolute Gasteiger partial charge is 0.492 e. The first-order valence-electron chi connectivity index (χ1n) is 10.9. The Morgan fingerprint density at radius 1 is 1.20 bits per heavy atom. The summed E-state index contributed by atoms with van der Waals surface area (Å²) in [4.78, 5) is 4.71. The highest BCUT2D eigenvalue weighted by Crippen LogP contribution is 2.34. The molecule has 1 aromatic heterocycles. The second-order valence-electron chi connectivity index (χ2n) is 9.40. The Bertz CT molecular complexity index is 955. The van der Waals surface area contributed by atoms with Gasteiger partial charge in [-0.05, 0) is 73.4 Å². The molecule has 1 heterocycles. The van der Waals surface area contributed by atoms with Crippen LogP contribution in [0.2, 0.25) is 5.02 Å². The van der Waals surface area contributed by atoms with Crippen LogP contribution in [0.4, 0.5) is 0 Å². The minimum absolute atomic E-state index is 0.00920. The first kappa shape index (κ1) is 21.2. The fourth-order valence-corrected chi connectivity index (χ4v) is 3.88. The maximum absolute atomic E-state index is 6.41. The fraction of sp³-hybridized carbons (Fsp3) is 0.480. The van der Waals surface area contributed by atoms with E-state index in [1.165, 1.54) is 18.4 Å². The van der Waals surface area contributed by atoms with Crippen LogP contribution in [0.25, 0.3) is 11.1 Å². The molecule has 1 aliphatic rings. The van der Waals surface area contributed by atoms with Crippen molar-refractivity contribution < 1.29 is 9.15 Å². The van der Waals surface area contributed by atoms with E-state index in [4.69, 9.17) is 25.7 Å². The number of hydrogen-bond donors (Lipinski definition) is 1. The quantitative estimate of drug-likeness (QED) is 0.392. The number of aryl methyl sites for hydroxylation is 1. The van der Waals surface area contributed by atoms with E-state index >= 15 is 0 Å². The molecule has 160 valence electrons. The molecule has 0 saturated heterocycles. The highest BCUT2D eigenvalue weighted by atomic mass is 35.5. The van der Waals surface area contributed by atoms with Gasteiger partial charge in [-0.2, -0.15) is 0 Å². The van der Waals surface area contributed by atoms with Crippen molar-refractivity contribution in [2.45, 2.75) is 52.5 Å². The van der Waals surface area contributed by atoms with Crippen molar-refractivity contribution >= 4 is 22.7 Å². The SMILES string of the molecule is CC(C)(C)C(NCCCc1ccc(OCC2CC2)c(Cl)c1)c1nc2ccccc2o1. The van der Waals surface area contributed by atoms with E-state index in [-0.39, 0.29) is 11.5 Å². The Hall–Kier alpha value is -2.04. The Balaban J connectivity index is 1.32. The molecule has 1 fully saturated rings. The molecule has 1 unspecified atom stereocenters. The van der Waals surface area contributed by atoms with E-state index < -0.39 is 0 Å².